The zero-order chi connectivity index (χ0) is 18.9. The Morgan fingerprint density at radius 3 is 2.50 bits per heavy atom. The van der Waals surface area contributed by atoms with E-state index in [9.17, 15) is 13.2 Å². The predicted octanol–water partition coefficient (Wildman–Crippen LogP) is 3.67. The maximum absolute atomic E-state index is 13.1. The molecule has 3 rings (SSSR count). The average molecular weight is 391 g/mol. The molecule has 0 radical (unpaired) electrons. The molecule has 1 aliphatic heterocycles. The smallest absolute Gasteiger partial charge is 0.264 e. The van der Waals surface area contributed by atoms with Gasteiger partial charge >= 0.3 is 0 Å². The van der Waals surface area contributed by atoms with Gasteiger partial charge in [-0.05, 0) is 49.4 Å². The van der Waals surface area contributed by atoms with Crippen molar-refractivity contribution < 1.29 is 13.2 Å². The molecule has 1 heterocycles. The summed E-state index contributed by atoms with van der Waals surface area (Å²) in [6, 6.07) is 12.4. The van der Waals surface area contributed by atoms with Gasteiger partial charge in [-0.2, -0.15) is 0 Å². The fraction of sp³-hybridized carbons (Fsp3) is 0.316. The van der Waals surface area contributed by atoms with E-state index < -0.39 is 10.0 Å². The van der Waals surface area contributed by atoms with E-state index in [1.54, 1.807) is 54.0 Å². The molecule has 0 aliphatic carbocycles. The lowest BCUT2D eigenvalue weighted by Crippen LogP contribution is -2.30. The van der Waals surface area contributed by atoms with Crippen LogP contribution in [0.15, 0.2) is 52.3 Å². The van der Waals surface area contributed by atoms with Gasteiger partial charge in [-0.3, -0.25) is 9.10 Å². The fourth-order valence-electron chi connectivity index (χ4n) is 2.89. The van der Waals surface area contributed by atoms with Gasteiger partial charge in [-0.25, -0.2) is 8.42 Å². The quantitative estimate of drug-likeness (QED) is 0.802. The van der Waals surface area contributed by atoms with Crippen molar-refractivity contribution in [3.05, 3.63) is 48.0 Å². The molecule has 1 amide bonds. The summed E-state index contributed by atoms with van der Waals surface area (Å²) < 4.78 is 27.4. The Balaban J connectivity index is 2.03. The summed E-state index contributed by atoms with van der Waals surface area (Å²) in [5.74, 6) is 0.835. The second-order valence-electron chi connectivity index (χ2n) is 6.31. The molecule has 0 aromatic heterocycles. The lowest BCUT2D eigenvalue weighted by atomic mass is 10.2. The number of rotatable bonds is 3. The van der Waals surface area contributed by atoms with E-state index in [1.807, 2.05) is 19.1 Å². The highest BCUT2D eigenvalue weighted by Gasteiger charge is 2.25. The minimum atomic E-state index is -3.71. The van der Waals surface area contributed by atoms with Crippen LogP contribution in [0.1, 0.15) is 18.9 Å². The highest BCUT2D eigenvalue weighted by molar-refractivity contribution is 7.99. The molecule has 0 N–H and O–H groups in total. The molecule has 1 aliphatic rings. The van der Waals surface area contributed by atoms with E-state index in [0.29, 0.717) is 17.9 Å². The highest BCUT2D eigenvalue weighted by atomic mass is 32.2. The molecule has 138 valence electrons. The lowest BCUT2D eigenvalue weighted by molar-refractivity contribution is -0.116. The van der Waals surface area contributed by atoms with Crippen LogP contribution in [0.25, 0.3) is 0 Å². The highest BCUT2D eigenvalue weighted by Crippen LogP contribution is 2.36. The van der Waals surface area contributed by atoms with Gasteiger partial charge in [0, 0.05) is 25.4 Å². The number of benzene rings is 2. The topological polar surface area (TPSA) is 57.7 Å². The molecule has 2 aromatic carbocycles. The van der Waals surface area contributed by atoms with Gasteiger partial charge in [0.1, 0.15) is 0 Å². The number of sulfonamides is 1. The number of carbonyl (C=O) groups is 1. The molecular weight excluding hydrogens is 368 g/mol. The summed E-state index contributed by atoms with van der Waals surface area (Å²) in [6.07, 6.45) is 0.879. The third kappa shape index (κ3) is 3.59. The van der Waals surface area contributed by atoms with Gasteiger partial charge in [0.2, 0.25) is 5.91 Å². The van der Waals surface area contributed by atoms with E-state index in [-0.39, 0.29) is 10.8 Å². The van der Waals surface area contributed by atoms with Crippen molar-refractivity contribution in [2.45, 2.75) is 30.1 Å². The van der Waals surface area contributed by atoms with Crippen molar-refractivity contribution in [1.82, 2.24) is 0 Å². The Labute approximate surface area is 159 Å². The zero-order valence-electron chi connectivity index (χ0n) is 15.1. The zero-order valence-corrected chi connectivity index (χ0v) is 16.7. The summed E-state index contributed by atoms with van der Waals surface area (Å²) in [5.41, 5.74) is 2.35. The first kappa shape index (κ1) is 18.8. The minimum Gasteiger partial charge on any atom is -0.311 e. The van der Waals surface area contributed by atoms with Gasteiger partial charge in [-0.1, -0.05) is 17.7 Å². The molecule has 0 saturated carbocycles. The van der Waals surface area contributed by atoms with Gasteiger partial charge < -0.3 is 4.90 Å². The van der Waals surface area contributed by atoms with Crippen molar-refractivity contribution in [2.75, 3.05) is 28.6 Å². The molecule has 5 nitrogen and oxygen atoms in total. The third-order valence-corrected chi connectivity index (χ3v) is 7.37. The number of anilines is 2. The van der Waals surface area contributed by atoms with Gasteiger partial charge in [0.15, 0.2) is 0 Å². The van der Waals surface area contributed by atoms with Crippen LogP contribution < -0.4 is 9.21 Å². The summed E-state index contributed by atoms with van der Waals surface area (Å²) in [7, 11) is -2.17. The summed E-state index contributed by atoms with van der Waals surface area (Å²) >= 11 is 1.65. The summed E-state index contributed by atoms with van der Waals surface area (Å²) in [6.45, 7) is 4.07. The monoisotopic (exact) mass is 390 g/mol. The predicted molar refractivity (Wildman–Crippen MR) is 107 cm³/mol. The Hall–Kier alpha value is -1.99. The fourth-order valence-corrected chi connectivity index (χ4v) is 5.09. The second kappa shape index (κ2) is 7.32. The molecule has 7 heteroatoms. The van der Waals surface area contributed by atoms with Crippen LogP contribution in [0.4, 0.5) is 11.4 Å². The number of hydrogen-bond donors (Lipinski definition) is 0. The van der Waals surface area contributed by atoms with E-state index in [1.165, 1.54) is 11.2 Å². The van der Waals surface area contributed by atoms with Crippen molar-refractivity contribution in [1.29, 1.82) is 0 Å². The van der Waals surface area contributed by atoms with Crippen LogP contribution in [0.3, 0.4) is 0 Å². The number of thioether (sulfide) groups is 1. The first-order chi connectivity index (χ1) is 12.3. The van der Waals surface area contributed by atoms with Crippen molar-refractivity contribution in [3.63, 3.8) is 0 Å². The average Bonchev–Trinajstić information content (AvgIpc) is 2.83. The maximum atomic E-state index is 13.1. The number of nitrogens with zero attached hydrogens (tertiary/aromatic N) is 2. The van der Waals surface area contributed by atoms with Gasteiger partial charge in [0.05, 0.1) is 16.3 Å². The molecule has 0 spiro atoms. The molecule has 0 bridgehead atoms. The number of fused-ring (bicyclic) bond motifs is 1. The molecule has 0 saturated heterocycles. The Morgan fingerprint density at radius 1 is 1.15 bits per heavy atom. The van der Waals surface area contributed by atoms with Crippen molar-refractivity contribution in [2.24, 2.45) is 0 Å². The first-order valence-electron chi connectivity index (χ1n) is 8.41. The standard InChI is InChI=1S/C19H22N2O3S2/c1-14-5-7-16(8-6-14)20(3)26(23,24)17-9-10-19-18(13-17)21(15(2)22)11-4-12-25-19/h5-10,13H,4,11-12H2,1-3H3. The molecule has 2 aromatic rings. The van der Waals surface area contributed by atoms with Gasteiger partial charge in [-0.15, -0.1) is 11.8 Å². The second-order valence-corrected chi connectivity index (χ2v) is 9.42. The van der Waals surface area contributed by atoms with Crippen LogP contribution >= 0.6 is 11.8 Å². The molecular formula is C19H22N2O3S2. The molecule has 0 atom stereocenters. The van der Waals surface area contributed by atoms with Crippen LogP contribution in [0.2, 0.25) is 0 Å². The van der Waals surface area contributed by atoms with Crippen LogP contribution in [0.5, 0.6) is 0 Å². The van der Waals surface area contributed by atoms with Crippen LogP contribution in [0, 0.1) is 6.92 Å². The molecule has 0 fully saturated rings. The Kier molecular flexibility index (Phi) is 5.29. The van der Waals surface area contributed by atoms with E-state index in [4.69, 9.17) is 0 Å². The van der Waals surface area contributed by atoms with Crippen molar-refractivity contribution >= 4 is 39.1 Å². The normalized spacial score (nSPS) is 14.5. The molecule has 26 heavy (non-hydrogen) atoms. The number of hydrogen-bond acceptors (Lipinski definition) is 4. The lowest BCUT2D eigenvalue weighted by Gasteiger charge is -2.23. The Morgan fingerprint density at radius 2 is 1.85 bits per heavy atom. The maximum Gasteiger partial charge on any atom is 0.264 e. The molecule has 0 unspecified atom stereocenters. The number of amides is 1. The summed E-state index contributed by atoms with van der Waals surface area (Å²) in [5, 5.41) is 0. The SMILES string of the molecule is CC(=O)N1CCCSc2ccc(S(=O)(=O)N(C)c3ccc(C)cc3)cc21. The summed E-state index contributed by atoms with van der Waals surface area (Å²) in [4.78, 5) is 14.8. The van der Waals surface area contributed by atoms with Crippen LogP contribution in [-0.2, 0) is 14.8 Å². The first-order valence-corrected chi connectivity index (χ1v) is 10.8. The van der Waals surface area contributed by atoms with Crippen LogP contribution in [-0.4, -0.2) is 33.7 Å². The van der Waals surface area contributed by atoms with Gasteiger partial charge in [0.25, 0.3) is 10.0 Å². The third-order valence-electron chi connectivity index (χ3n) is 4.44. The number of carbonyl (C=O) groups excluding carboxylic acids is 1. The van der Waals surface area contributed by atoms with E-state index >= 15 is 0 Å². The number of aryl methyl sites for hydroxylation is 1. The Bertz CT molecular complexity index is 924. The van der Waals surface area contributed by atoms with Crippen molar-refractivity contribution in [3.8, 4) is 0 Å². The van der Waals surface area contributed by atoms with E-state index in [0.717, 1.165) is 22.6 Å². The minimum absolute atomic E-state index is 0.0739. The van der Waals surface area contributed by atoms with E-state index in [2.05, 4.69) is 0 Å². The largest absolute Gasteiger partial charge is 0.311 e.